The van der Waals surface area contributed by atoms with Gasteiger partial charge in [-0.05, 0) is 61.7 Å². The number of sulfonamides is 1. The molecular formula is C22H28N2O5S. The van der Waals surface area contributed by atoms with Crippen molar-refractivity contribution < 1.29 is 22.6 Å². The molecule has 1 fully saturated rings. The molecule has 2 heterocycles. The molecular weight excluding hydrogens is 404 g/mol. The van der Waals surface area contributed by atoms with Gasteiger partial charge in [0.25, 0.3) is 0 Å². The van der Waals surface area contributed by atoms with Crippen molar-refractivity contribution >= 4 is 10.0 Å². The van der Waals surface area contributed by atoms with Gasteiger partial charge in [-0.1, -0.05) is 6.07 Å². The Bertz CT molecular complexity index is 1030. The molecule has 0 N–H and O–H groups in total. The van der Waals surface area contributed by atoms with E-state index in [4.69, 9.17) is 14.2 Å². The molecule has 7 nitrogen and oxygen atoms in total. The van der Waals surface area contributed by atoms with Crippen LogP contribution < -0.4 is 14.2 Å². The average molecular weight is 433 g/mol. The fraction of sp³-hybridized carbons (Fsp3) is 0.455. The summed E-state index contributed by atoms with van der Waals surface area (Å²) in [6.45, 7) is 9.51. The Morgan fingerprint density at radius 2 is 1.70 bits per heavy atom. The maximum atomic E-state index is 13.3. The molecule has 30 heavy (non-hydrogen) atoms. The molecule has 0 aliphatic carbocycles. The van der Waals surface area contributed by atoms with Crippen LogP contribution in [0.3, 0.4) is 0 Å². The molecule has 0 amide bonds. The molecule has 0 spiro atoms. The fourth-order valence-corrected chi connectivity index (χ4v) is 5.63. The molecule has 0 radical (unpaired) electrons. The molecule has 4 rings (SSSR count). The second-order valence-corrected chi connectivity index (χ2v) is 9.59. The van der Waals surface area contributed by atoms with Gasteiger partial charge < -0.3 is 14.2 Å². The molecule has 2 aromatic carbocycles. The third kappa shape index (κ3) is 4.12. The minimum Gasteiger partial charge on any atom is -0.494 e. The summed E-state index contributed by atoms with van der Waals surface area (Å²) in [5.74, 6) is 2.29. The molecule has 0 atom stereocenters. The molecule has 0 bridgehead atoms. The minimum atomic E-state index is -3.54. The molecule has 2 aliphatic rings. The summed E-state index contributed by atoms with van der Waals surface area (Å²) in [4.78, 5) is 2.63. The van der Waals surface area contributed by atoms with Gasteiger partial charge in [0, 0.05) is 32.7 Å². The van der Waals surface area contributed by atoms with E-state index in [0.29, 0.717) is 43.2 Å². The number of nitrogens with zero attached hydrogens (tertiary/aromatic N) is 2. The number of hydrogen-bond donors (Lipinski definition) is 0. The van der Waals surface area contributed by atoms with Crippen molar-refractivity contribution in [2.45, 2.75) is 32.2 Å². The molecule has 8 heteroatoms. The van der Waals surface area contributed by atoms with E-state index in [1.54, 1.807) is 10.4 Å². The van der Waals surface area contributed by atoms with Crippen LogP contribution in [-0.4, -0.2) is 57.2 Å². The van der Waals surface area contributed by atoms with Gasteiger partial charge in [0.2, 0.25) is 16.8 Å². The maximum Gasteiger partial charge on any atom is 0.243 e. The molecule has 2 aliphatic heterocycles. The summed E-state index contributed by atoms with van der Waals surface area (Å²) < 4.78 is 44.5. The summed E-state index contributed by atoms with van der Waals surface area (Å²) in [7, 11) is -3.54. The SMILES string of the molecule is CCOc1cc(C)c(S(=O)(=O)N2CCN(Cc3ccc4c(c3)OCO4)CC2)cc1C. The van der Waals surface area contributed by atoms with E-state index in [9.17, 15) is 8.42 Å². The van der Waals surface area contributed by atoms with Crippen molar-refractivity contribution in [2.75, 3.05) is 39.6 Å². The highest BCUT2D eigenvalue weighted by atomic mass is 32.2. The van der Waals surface area contributed by atoms with Crippen LogP contribution in [0.25, 0.3) is 0 Å². The van der Waals surface area contributed by atoms with E-state index >= 15 is 0 Å². The third-order valence-corrected chi connectivity index (χ3v) is 7.61. The minimum absolute atomic E-state index is 0.264. The van der Waals surface area contributed by atoms with E-state index in [1.807, 2.05) is 45.0 Å². The average Bonchev–Trinajstić information content (AvgIpc) is 3.19. The highest BCUT2D eigenvalue weighted by Gasteiger charge is 2.30. The zero-order valence-corrected chi connectivity index (χ0v) is 18.5. The number of fused-ring (bicyclic) bond motifs is 1. The van der Waals surface area contributed by atoms with Crippen LogP contribution in [0.2, 0.25) is 0 Å². The molecule has 2 aromatic rings. The van der Waals surface area contributed by atoms with Gasteiger partial charge >= 0.3 is 0 Å². The first kappa shape index (κ1) is 21.0. The smallest absolute Gasteiger partial charge is 0.243 e. The van der Waals surface area contributed by atoms with E-state index in [-0.39, 0.29) is 6.79 Å². The molecule has 0 aromatic heterocycles. The Morgan fingerprint density at radius 3 is 2.43 bits per heavy atom. The summed E-state index contributed by atoms with van der Waals surface area (Å²) in [6, 6.07) is 9.51. The molecule has 0 unspecified atom stereocenters. The van der Waals surface area contributed by atoms with E-state index in [0.717, 1.165) is 34.9 Å². The first-order valence-electron chi connectivity index (χ1n) is 10.2. The molecule has 162 valence electrons. The summed E-state index contributed by atoms with van der Waals surface area (Å²) in [5.41, 5.74) is 2.68. The van der Waals surface area contributed by atoms with Crippen LogP contribution in [0.5, 0.6) is 17.2 Å². The molecule has 0 saturated carbocycles. The van der Waals surface area contributed by atoms with Gasteiger partial charge in [-0.2, -0.15) is 4.31 Å². The lowest BCUT2D eigenvalue weighted by Crippen LogP contribution is -2.48. The van der Waals surface area contributed by atoms with Gasteiger partial charge in [0.15, 0.2) is 11.5 Å². The van der Waals surface area contributed by atoms with Crippen molar-refractivity contribution in [2.24, 2.45) is 0 Å². The predicted molar refractivity (Wildman–Crippen MR) is 114 cm³/mol. The van der Waals surface area contributed by atoms with Crippen molar-refractivity contribution in [3.05, 3.63) is 47.0 Å². The Labute approximate surface area is 178 Å². The quantitative estimate of drug-likeness (QED) is 0.699. The van der Waals surface area contributed by atoms with Crippen LogP contribution >= 0.6 is 0 Å². The van der Waals surface area contributed by atoms with Crippen molar-refractivity contribution in [3.8, 4) is 17.2 Å². The van der Waals surface area contributed by atoms with Crippen molar-refractivity contribution in [1.82, 2.24) is 9.21 Å². The lowest BCUT2D eigenvalue weighted by Gasteiger charge is -2.34. The summed E-state index contributed by atoms with van der Waals surface area (Å²) >= 11 is 0. The number of ether oxygens (including phenoxy) is 3. The highest BCUT2D eigenvalue weighted by molar-refractivity contribution is 7.89. The topological polar surface area (TPSA) is 68.3 Å². The number of piperazine rings is 1. The number of hydrogen-bond acceptors (Lipinski definition) is 6. The zero-order valence-electron chi connectivity index (χ0n) is 17.7. The van der Waals surface area contributed by atoms with E-state index < -0.39 is 10.0 Å². The predicted octanol–water partition coefficient (Wildman–Crippen LogP) is 2.94. The van der Waals surface area contributed by atoms with Gasteiger partial charge in [0.1, 0.15) is 5.75 Å². The third-order valence-electron chi connectivity index (χ3n) is 5.56. The van der Waals surface area contributed by atoms with Gasteiger partial charge in [-0.3, -0.25) is 4.90 Å². The maximum absolute atomic E-state index is 13.3. The van der Waals surface area contributed by atoms with E-state index in [1.165, 1.54) is 0 Å². The second-order valence-electron chi connectivity index (χ2n) is 7.68. The highest BCUT2D eigenvalue weighted by Crippen LogP contribution is 2.33. The van der Waals surface area contributed by atoms with Crippen LogP contribution in [0.1, 0.15) is 23.6 Å². The van der Waals surface area contributed by atoms with Gasteiger partial charge in [-0.25, -0.2) is 8.42 Å². The van der Waals surface area contributed by atoms with Crippen molar-refractivity contribution in [1.29, 1.82) is 0 Å². The second kappa shape index (κ2) is 8.45. The fourth-order valence-electron chi connectivity index (χ4n) is 3.92. The largest absolute Gasteiger partial charge is 0.494 e. The monoisotopic (exact) mass is 432 g/mol. The first-order valence-corrected chi connectivity index (χ1v) is 11.7. The van der Waals surface area contributed by atoms with Gasteiger partial charge in [0.05, 0.1) is 11.5 Å². The van der Waals surface area contributed by atoms with Crippen LogP contribution in [0.4, 0.5) is 0 Å². The Balaban J connectivity index is 1.42. The normalized spacial score (nSPS) is 17.3. The lowest BCUT2D eigenvalue weighted by molar-refractivity contribution is 0.173. The van der Waals surface area contributed by atoms with Crippen LogP contribution in [0.15, 0.2) is 35.2 Å². The summed E-state index contributed by atoms with van der Waals surface area (Å²) in [5, 5.41) is 0. The Kier molecular flexibility index (Phi) is 5.90. The number of rotatable bonds is 6. The van der Waals surface area contributed by atoms with Crippen LogP contribution in [-0.2, 0) is 16.6 Å². The number of aryl methyl sites for hydroxylation is 2. The van der Waals surface area contributed by atoms with E-state index in [2.05, 4.69) is 4.90 Å². The van der Waals surface area contributed by atoms with Crippen molar-refractivity contribution in [3.63, 3.8) is 0 Å². The van der Waals surface area contributed by atoms with Gasteiger partial charge in [-0.15, -0.1) is 0 Å². The molecule has 1 saturated heterocycles. The standard InChI is InChI=1S/C22H28N2O5S/c1-4-27-20-11-17(3)22(12-16(20)2)30(25,26)24-9-7-23(8-10-24)14-18-5-6-19-21(13-18)29-15-28-19/h5-6,11-13H,4,7-10,14-15H2,1-3H3. The summed E-state index contributed by atoms with van der Waals surface area (Å²) in [6.07, 6.45) is 0. The van der Waals surface area contributed by atoms with Crippen LogP contribution in [0, 0.1) is 13.8 Å². The first-order chi connectivity index (χ1) is 14.4. The zero-order chi connectivity index (χ0) is 21.3. The Morgan fingerprint density at radius 1 is 0.967 bits per heavy atom. The lowest BCUT2D eigenvalue weighted by atomic mass is 10.1. The Hall–Kier alpha value is -2.29. The number of benzene rings is 2.